The second-order valence-corrected chi connectivity index (χ2v) is 9.44. The summed E-state index contributed by atoms with van der Waals surface area (Å²) in [4.78, 5) is 39.2. The zero-order valence-electron chi connectivity index (χ0n) is 21.5. The maximum absolute atomic E-state index is 12.7. The molecule has 37 heavy (non-hydrogen) atoms. The van der Waals surface area contributed by atoms with E-state index < -0.39 is 5.92 Å². The highest BCUT2D eigenvalue weighted by atomic mass is 16.5. The number of rotatable bonds is 9. The van der Waals surface area contributed by atoms with Crippen molar-refractivity contribution in [1.82, 2.24) is 5.32 Å². The van der Waals surface area contributed by atoms with Gasteiger partial charge >= 0.3 is 0 Å². The van der Waals surface area contributed by atoms with Crippen molar-refractivity contribution in [1.29, 1.82) is 0 Å². The fraction of sp³-hybridized carbons (Fsp3) is 0.300. The minimum atomic E-state index is -0.396. The van der Waals surface area contributed by atoms with E-state index in [1.807, 2.05) is 44.2 Å². The van der Waals surface area contributed by atoms with Gasteiger partial charge in [-0.05, 0) is 72.9 Å². The fourth-order valence-corrected chi connectivity index (χ4v) is 4.29. The zero-order chi connectivity index (χ0) is 26.4. The molecule has 0 radical (unpaired) electrons. The maximum atomic E-state index is 12.7. The highest BCUT2D eigenvalue weighted by Crippen LogP contribution is 2.27. The van der Waals surface area contributed by atoms with Crippen LogP contribution in [0.1, 0.15) is 35.6 Å². The monoisotopic (exact) mass is 499 g/mol. The number of ether oxygens (including phenoxy) is 1. The topological polar surface area (TPSA) is 87.7 Å². The average molecular weight is 500 g/mol. The van der Waals surface area contributed by atoms with Gasteiger partial charge in [0.05, 0.1) is 5.92 Å². The molecule has 2 N–H and O–H groups in total. The first kappa shape index (κ1) is 25.9. The predicted molar refractivity (Wildman–Crippen MR) is 145 cm³/mol. The van der Waals surface area contributed by atoms with Gasteiger partial charge in [0.25, 0.3) is 5.91 Å². The smallest absolute Gasteiger partial charge is 0.262 e. The number of amides is 3. The Kier molecular flexibility index (Phi) is 8.23. The van der Waals surface area contributed by atoms with Crippen molar-refractivity contribution in [3.8, 4) is 5.75 Å². The molecule has 192 valence electrons. The van der Waals surface area contributed by atoms with Gasteiger partial charge in [0.2, 0.25) is 11.8 Å². The quantitative estimate of drug-likeness (QED) is 0.452. The van der Waals surface area contributed by atoms with Gasteiger partial charge in [-0.25, -0.2) is 0 Å². The van der Waals surface area contributed by atoms with Crippen LogP contribution in [0.5, 0.6) is 5.75 Å². The molecular weight excluding hydrogens is 466 g/mol. The Hall–Kier alpha value is -4.13. The van der Waals surface area contributed by atoms with E-state index in [1.165, 1.54) is 5.56 Å². The molecule has 0 saturated carbocycles. The van der Waals surface area contributed by atoms with E-state index in [2.05, 4.69) is 29.7 Å². The maximum Gasteiger partial charge on any atom is 0.262 e. The molecule has 3 aromatic carbocycles. The molecule has 7 nitrogen and oxygen atoms in total. The van der Waals surface area contributed by atoms with Crippen LogP contribution >= 0.6 is 0 Å². The Balaban J connectivity index is 1.26. The molecule has 0 unspecified atom stereocenters. The average Bonchev–Trinajstić information content (AvgIpc) is 3.30. The molecule has 0 spiro atoms. The lowest BCUT2D eigenvalue weighted by Crippen LogP contribution is -2.32. The van der Waals surface area contributed by atoms with Crippen LogP contribution in [-0.2, 0) is 27.3 Å². The summed E-state index contributed by atoms with van der Waals surface area (Å²) in [7, 11) is 0. The van der Waals surface area contributed by atoms with Gasteiger partial charge in [0.1, 0.15) is 5.75 Å². The number of nitrogens with one attached hydrogen (secondary N) is 2. The van der Waals surface area contributed by atoms with E-state index in [0.717, 1.165) is 28.8 Å². The van der Waals surface area contributed by atoms with Crippen LogP contribution in [-0.4, -0.2) is 30.9 Å². The summed E-state index contributed by atoms with van der Waals surface area (Å²) in [5.41, 5.74) is 5.80. The minimum Gasteiger partial charge on any atom is -0.484 e. The summed E-state index contributed by atoms with van der Waals surface area (Å²) >= 11 is 0. The molecule has 0 aromatic heterocycles. The van der Waals surface area contributed by atoms with Crippen LogP contribution in [0.3, 0.4) is 0 Å². The van der Waals surface area contributed by atoms with E-state index in [4.69, 9.17) is 4.74 Å². The van der Waals surface area contributed by atoms with Crippen molar-refractivity contribution < 1.29 is 19.1 Å². The third kappa shape index (κ3) is 6.76. The van der Waals surface area contributed by atoms with Crippen molar-refractivity contribution in [3.05, 3.63) is 89.0 Å². The van der Waals surface area contributed by atoms with Gasteiger partial charge in [-0.2, -0.15) is 0 Å². The van der Waals surface area contributed by atoms with Crippen molar-refractivity contribution in [2.24, 2.45) is 5.92 Å². The molecule has 7 heteroatoms. The second kappa shape index (κ2) is 11.7. The lowest BCUT2D eigenvalue weighted by atomic mass is 10.1. The molecule has 1 fully saturated rings. The second-order valence-electron chi connectivity index (χ2n) is 9.44. The lowest BCUT2D eigenvalue weighted by Gasteiger charge is -2.17. The van der Waals surface area contributed by atoms with Gasteiger partial charge in [-0.1, -0.05) is 43.3 Å². The van der Waals surface area contributed by atoms with Crippen molar-refractivity contribution >= 4 is 29.1 Å². The Labute approximate surface area is 217 Å². The van der Waals surface area contributed by atoms with E-state index in [0.29, 0.717) is 24.5 Å². The molecule has 1 aliphatic heterocycles. The summed E-state index contributed by atoms with van der Waals surface area (Å²) < 4.78 is 5.62. The van der Waals surface area contributed by atoms with Gasteiger partial charge < -0.3 is 20.3 Å². The van der Waals surface area contributed by atoms with Crippen molar-refractivity contribution in [2.75, 3.05) is 23.4 Å². The number of carbonyl (C=O) groups is 3. The van der Waals surface area contributed by atoms with E-state index in [1.54, 1.807) is 29.2 Å². The molecule has 3 aromatic rings. The first-order chi connectivity index (χ1) is 17.8. The Morgan fingerprint density at radius 1 is 0.973 bits per heavy atom. The Morgan fingerprint density at radius 2 is 1.68 bits per heavy atom. The largest absolute Gasteiger partial charge is 0.484 e. The highest BCUT2D eigenvalue weighted by molar-refractivity contribution is 6.00. The van der Waals surface area contributed by atoms with Gasteiger partial charge in [-0.15, -0.1) is 0 Å². The summed E-state index contributed by atoms with van der Waals surface area (Å²) in [5.74, 6) is -0.330. The molecule has 1 aliphatic rings. The van der Waals surface area contributed by atoms with E-state index in [-0.39, 0.29) is 30.7 Å². The first-order valence-electron chi connectivity index (χ1n) is 12.6. The number of hydrogen-bond acceptors (Lipinski definition) is 4. The van der Waals surface area contributed by atoms with Crippen LogP contribution in [0.4, 0.5) is 11.4 Å². The number of nitrogens with zero attached hydrogens (tertiary/aromatic N) is 1. The van der Waals surface area contributed by atoms with E-state index >= 15 is 0 Å². The molecule has 1 saturated heterocycles. The van der Waals surface area contributed by atoms with Gasteiger partial charge in [-0.3, -0.25) is 14.4 Å². The molecular formula is C30H33N3O4. The molecule has 1 heterocycles. The molecule has 3 amide bonds. The predicted octanol–water partition coefficient (Wildman–Crippen LogP) is 4.55. The number of anilines is 2. The number of hydrogen-bond donors (Lipinski definition) is 2. The Bertz CT molecular complexity index is 1270. The van der Waals surface area contributed by atoms with Crippen LogP contribution in [0, 0.1) is 19.8 Å². The number of carbonyl (C=O) groups excluding carboxylic acids is 3. The number of aryl methyl sites for hydroxylation is 3. The highest BCUT2D eigenvalue weighted by Gasteiger charge is 2.35. The van der Waals surface area contributed by atoms with Gasteiger partial charge in [0.15, 0.2) is 6.61 Å². The minimum absolute atomic E-state index is 0.0889. The number of benzene rings is 3. The van der Waals surface area contributed by atoms with Crippen molar-refractivity contribution in [2.45, 2.75) is 40.2 Å². The fourth-order valence-electron chi connectivity index (χ4n) is 4.29. The molecule has 0 aliphatic carbocycles. The van der Waals surface area contributed by atoms with Crippen molar-refractivity contribution in [3.63, 3.8) is 0 Å². The third-order valence-corrected chi connectivity index (χ3v) is 6.58. The molecule has 1 atom stereocenters. The summed E-state index contributed by atoms with van der Waals surface area (Å²) in [6, 6.07) is 21.0. The summed E-state index contributed by atoms with van der Waals surface area (Å²) in [6.07, 6.45) is 1.15. The first-order valence-corrected chi connectivity index (χ1v) is 12.6. The normalized spacial score (nSPS) is 14.9. The lowest BCUT2D eigenvalue weighted by molar-refractivity contribution is -0.126. The zero-order valence-corrected chi connectivity index (χ0v) is 21.5. The van der Waals surface area contributed by atoms with Crippen LogP contribution in [0.25, 0.3) is 0 Å². The standard InChI is InChI=1S/C30H33N3O4/c1-4-22-7-9-23(10-8-22)17-31-30(36)24-16-29(35)33(18-24)25-11-13-26(14-12-25)37-19-28(34)32-27-15-20(2)5-6-21(27)3/h5-15,24H,4,16-19H2,1-3H3,(H,31,36)(H,32,34)/t24-/m0/s1. The Morgan fingerprint density at radius 3 is 2.38 bits per heavy atom. The van der Waals surface area contributed by atoms with Crippen LogP contribution < -0.4 is 20.3 Å². The van der Waals surface area contributed by atoms with E-state index in [9.17, 15) is 14.4 Å². The van der Waals surface area contributed by atoms with Gasteiger partial charge in [0, 0.05) is 30.9 Å². The third-order valence-electron chi connectivity index (χ3n) is 6.58. The molecule has 4 rings (SSSR count). The SMILES string of the molecule is CCc1ccc(CNC(=O)[C@H]2CC(=O)N(c3ccc(OCC(=O)Nc4cc(C)ccc4C)cc3)C2)cc1. The summed E-state index contributed by atoms with van der Waals surface area (Å²) in [5, 5.41) is 5.83. The van der Waals surface area contributed by atoms with Crippen LogP contribution in [0.2, 0.25) is 0 Å². The molecule has 0 bridgehead atoms. The van der Waals surface area contributed by atoms with Crippen LogP contribution in [0.15, 0.2) is 66.7 Å². The summed E-state index contributed by atoms with van der Waals surface area (Å²) in [6.45, 7) is 6.66.